The third-order valence-electron chi connectivity index (χ3n) is 7.37. The molecular formula is C31H34ClN9O6. The van der Waals surface area contributed by atoms with Gasteiger partial charge in [0.2, 0.25) is 5.91 Å². The number of esters is 1. The predicted octanol–water partition coefficient (Wildman–Crippen LogP) is 4.30. The molecule has 0 unspecified atom stereocenters. The number of carbonyl (C=O) groups is 3. The maximum absolute atomic E-state index is 13.2. The van der Waals surface area contributed by atoms with Crippen LogP contribution in [0.15, 0.2) is 55.0 Å². The Hall–Kier alpha value is -5.28. The molecule has 4 N–H and O–H groups in total. The van der Waals surface area contributed by atoms with E-state index in [4.69, 9.17) is 25.8 Å². The number of ether oxygens (including phenoxy) is 3. The molecule has 0 spiro atoms. The van der Waals surface area contributed by atoms with Crippen molar-refractivity contribution in [2.24, 2.45) is 0 Å². The molecule has 0 fully saturated rings. The smallest absolute Gasteiger partial charge is 0.411 e. The van der Waals surface area contributed by atoms with Gasteiger partial charge < -0.3 is 29.8 Å². The summed E-state index contributed by atoms with van der Waals surface area (Å²) < 4.78 is 16.6. The summed E-state index contributed by atoms with van der Waals surface area (Å²) in [5.74, 6) is -0.197. The summed E-state index contributed by atoms with van der Waals surface area (Å²) in [5, 5.41) is 20.8. The highest BCUT2D eigenvalue weighted by Gasteiger charge is 2.24. The van der Waals surface area contributed by atoms with Crippen LogP contribution in [0.5, 0.6) is 0 Å². The average Bonchev–Trinajstić information content (AvgIpc) is 3.78. The second-order valence-electron chi connectivity index (χ2n) is 10.6. The number of rotatable bonds is 9. The van der Waals surface area contributed by atoms with Crippen molar-refractivity contribution in [3.63, 3.8) is 0 Å². The standard InChI is InChI=1S/C31H34ClN9O6/c1-45-13-14-47-31(44)35-21-9-10-22-25(16-21)36-24(30(43)46-2)6-4-3-5-23(29-33-17-26(22)38-29)37-28(42)12-7-19-15-20(32)8-11-27(19)41-18-34-39-40-41/h7-12,15-18,23-24,36H,3-6,13-14H2,1-2H3,(H,33,38)(H,35,44)(H,37,42)/b12-7+/t23-,24+/m0/s1. The third-order valence-corrected chi connectivity index (χ3v) is 7.60. The number of benzene rings is 2. The van der Waals surface area contributed by atoms with E-state index in [1.807, 2.05) is 0 Å². The van der Waals surface area contributed by atoms with Crippen LogP contribution in [0.3, 0.4) is 0 Å². The van der Waals surface area contributed by atoms with E-state index in [0.29, 0.717) is 70.4 Å². The summed E-state index contributed by atoms with van der Waals surface area (Å²) in [4.78, 5) is 46.2. The van der Waals surface area contributed by atoms with Gasteiger partial charge in [0.1, 0.15) is 24.8 Å². The normalized spacial score (nSPS) is 16.2. The van der Waals surface area contributed by atoms with Crippen LogP contribution in [-0.2, 0) is 23.8 Å². The molecule has 246 valence electrons. The summed E-state index contributed by atoms with van der Waals surface area (Å²) in [6.45, 7) is 0.368. The Balaban J connectivity index is 1.39. The quantitative estimate of drug-likeness (QED) is 0.114. The van der Waals surface area contributed by atoms with Gasteiger partial charge in [-0.3, -0.25) is 10.1 Å². The van der Waals surface area contributed by atoms with E-state index in [0.717, 1.165) is 0 Å². The molecule has 1 aliphatic heterocycles. The number of amides is 2. The third kappa shape index (κ3) is 8.71. The molecule has 2 aromatic heterocycles. The molecule has 15 nitrogen and oxygen atoms in total. The van der Waals surface area contributed by atoms with E-state index >= 15 is 0 Å². The number of anilines is 2. The van der Waals surface area contributed by atoms with Gasteiger partial charge in [-0.05, 0) is 65.7 Å². The van der Waals surface area contributed by atoms with Gasteiger partial charge in [-0.15, -0.1) is 5.10 Å². The lowest BCUT2D eigenvalue weighted by Crippen LogP contribution is -2.31. The van der Waals surface area contributed by atoms with Crippen LogP contribution >= 0.6 is 11.6 Å². The van der Waals surface area contributed by atoms with Gasteiger partial charge in [-0.25, -0.2) is 14.6 Å². The number of fused-ring (bicyclic) bond motifs is 4. The van der Waals surface area contributed by atoms with Crippen LogP contribution in [0.1, 0.15) is 43.1 Å². The first-order chi connectivity index (χ1) is 22.8. The van der Waals surface area contributed by atoms with Crippen molar-refractivity contribution >= 4 is 47.0 Å². The fourth-order valence-corrected chi connectivity index (χ4v) is 5.26. The number of aromatic amines is 1. The lowest BCUT2D eigenvalue weighted by atomic mass is 10.0. The van der Waals surface area contributed by atoms with Crippen LogP contribution in [0.4, 0.5) is 16.2 Å². The van der Waals surface area contributed by atoms with Gasteiger partial charge in [0.25, 0.3) is 0 Å². The number of nitrogens with zero attached hydrogens (tertiary/aromatic N) is 5. The Morgan fingerprint density at radius 3 is 2.74 bits per heavy atom. The van der Waals surface area contributed by atoms with Crippen LogP contribution < -0.4 is 16.0 Å². The van der Waals surface area contributed by atoms with Crippen molar-refractivity contribution in [3.8, 4) is 16.9 Å². The van der Waals surface area contributed by atoms with E-state index < -0.39 is 24.1 Å². The number of nitrogens with one attached hydrogen (secondary N) is 4. The lowest BCUT2D eigenvalue weighted by Gasteiger charge is -2.22. The predicted molar refractivity (Wildman–Crippen MR) is 173 cm³/mol. The molecule has 0 aliphatic carbocycles. The molecular weight excluding hydrogens is 630 g/mol. The van der Waals surface area contributed by atoms with Crippen molar-refractivity contribution in [1.29, 1.82) is 0 Å². The highest BCUT2D eigenvalue weighted by atomic mass is 35.5. The van der Waals surface area contributed by atoms with E-state index in [2.05, 4.69) is 41.4 Å². The van der Waals surface area contributed by atoms with Gasteiger partial charge in [0.15, 0.2) is 0 Å². The van der Waals surface area contributed by atoms with Gasteiger partial charge in [0, 0.05) is 40.7 Å². The summed E-state index contributed by atoms with van der Waals surface area (Å²) in [6.07, 6.45) is 7.90. The first kappa shape index (κ1) is 33.1. The maximum Gasteiger partial charge on any atom is 0.411 e. The summed E-state index contributed by atoms with van der Waals surface area (Å²) in [7, 11) is 2.85. The Kier molecular flexibility index (Phi) is 11.1. The molecule has 5 rings (SSSR count). The number of carbonyl (C=O) groups excluding carboxylic acids is 3. The summed E-state index contributed by atoms with van der Waals surface area (Å²) in [6, 6.07) is 9.28. The van der Waals surface area contributed by atoms with Gasteiger partial charge in [-0.2, -0.15) is 4.68 Å². The largest absolute Gasteiger partial charge is 0.467 e. The molecule has 47 heavy (non-hydrogen) atoms. The molecule has 0 saturated carbocycles. The van der Waals surface area contributed by atoms with Gasteiger partial charge in [-0.1, -0.05) is 24.4 Å². The SMILES string of the molecule is COCCOC(=O)Nc1ccc2c(c1)N[C@@H](C(=O)OC)CCCC[C@H](NC(=O)/C=C/c1cc(Cl)ccc1-n1cnnn1)c1ncc-2[nH]1. The molecule has 2 bridgehead atoms. The van der Waals surface area contributed by atoms with E-state index in [1.165, 1.54) is 31.3 Å². The Morgan fingerprint density at radius 1 is 1.11 bits per heavy atom. The second kappa shape index (κ2) is 15.8. The Bertz CT molecular complexity index is 1730. The van der Waals surface area contributed by atoms with Crippen molar-refractivity contribution in [3.05, 3.63) is 71.4 Å². The van der Waals surface area contributed by atoms with Crippen molar-refractivity contribution in [2.45, 2.75) is 37.8 Å². The van der Waals surface area contributed by atoms with E-state index in [9.17, 15) is 14.4 Å². The van der Waals surface area contributed by atoms with E-state index in [-0.39, 0.29) is 19.1 Å². The minimum atomic E-state index is -0.660. The summed E-state index contributed by atoms with van der Waals surface area (Å²) in [5.41, 5.74) is 3.65. The van der Waals surface area contributed by atoms with Gasteiger partial charge in [0.05, 0.1) is 37.3 Å². The number of methoxy groups -OCH3 is 2. The van der Waals surface area contributed by atoms with Crippen LogP contribution in [0.2, 0.25) is 5.02 Å². The fourth-order valence-electron chi connectivity index (χ4n) is 5.08. The average molecular weight is 664 g/mol. The van der Waals surface area contributed by atoms with Crippen molar-refractivity contribution in [1.82, 2.24) is 35.5 Å². The first-order valence-electron chi connectivity index (χ1n) is 14.8. The topological polar surface area (TPSA) is 187 Å². The molecule has 2 amide bonds. The zero-order valence-corrected chi connectivity index (χ0v) is 26.5. The van der Waals surface area contributed by atoms with E-state index in [1.54, 1.807) is 48.7 Å². The zero-order chi connectivity index (χ0) is 33.2. The molecule has 0 radical (unpaired) electrons. The Labute approximate surface area is 275 Å². The molecule has 3 heterocycles. The number of aromatic nitrogens is 6. The highest BCUT2D eigenvalue weighted by Crippen LogP contribution is 2.33. The number of halogens is 1. The molecule has 2 atom stereocenters. The molecule has 0 saturated heterocycles. The second-order valence-corrected chi connectivity index (χ2v) is 11.0. The lowest BCUT2D eigenvalue weighted by molar-refractivity contribution is -0.141. The first-order valence-corrected chi connectivity index (χ1v) is 15.2. The zero-order valence-electron chi connectivity index (χ0n) is 25.7. The fraction of sp³-hybridized carbons (Fsp3) is 0.323. The van der Waals surface area contributed by atoms with Gasteiger partial charge >= 0.3 is 12.1 Å². The highest BCUT2D eigenvalue weighted by molar-refractivity contribution is 6.30. The Morgan fingerprint density at radius 2 is 1.96 bits per heavy atom. The number of H-pyrrole nitrogens is 1. The molecule has 1 aliphatic rings. The number of hydrogen-bond donors (Lipinski definition) is 4. The number of imidazole rings is 1. The number of hydrogen-bond acceptors (Lipinski definition) is 11. The van der Waals surface area contributed by atoms with Crippen molar-refractivity contribution < 1.29 is 28.6 Å². The molecule has 2 aromatic carbocycles. The maximum atomic E-state index is 13.2. The van der Waals surface area contributed by atoms with Crippen LogP contribution in [0.25, 0.3) is 23.0 Å². The summed E-state index contributed by atoms with van der Waals surface area (Å²) >= 11 is 6.22. The van der Waals surface area contributed by atoms with Crippen molar-refractivity contribution in [2.75, 3.05) is 38.1 Å². The number of tetrazole rings is 1. The monoisotopic (exact) mass is 663 g/mol. The molecule has 16 heteroatoms. The van der Waals surface area contributed by atoms with Crippen LogP contribution in [-0.4, -0.2) is 81.6 Å². The van der Waals surface area contributed by atoms with Crippen LogP contribution in [0, 0.1) is 0 Å². The minimum Gasteiger partial charge on any atom is -0.467 e. The molecule has 4 aromatic rings. The minimum absolute atomic E-state index is 0.0999.